The van der Waals surface area contributed by atoms with Gasteiger partial charge in [-0.15, -0.1) is 0 Å². The molecule has 0 heterocycles. The van der Waals surface area contributed by atoms with E-state index in [-0.39, 0.29) is 24.6 Å². The van der Waals surface area contributed by atoms with Crippen LogP contribution in [0.5, 0.6) is 0 Å². The SMILES string of the molecule is Fc1ccccc1C([PH+]=S)c1ccccc1F. The third-order valence-electron chi connectivity index (χ3n) is 2.55. The van der Waals surface area contributed by atoms with Crippen molar-refractivity contribution in [2.24, 2.45) is 0 Å². The van der Waals surface area contributed by atoms with Crippen LogP contribution in [0.15, 0.2) is 48.5 Å². The largest absolute Gasteiger partial charge is 0.207 e. The summed E-state index contributed by atoms with van der Waals surface area (Å²) in [5.74, 6) is -0.670. The van der Waals surface area contributed by atoms with Gasteiger partial charge in [-0.25, -0.2) is 8.78 Å². The molecule has 0 radical (unpaired) electrons. The Morgan fingerprint density at radius 2 is 1.24 bits per heavy atom. The summed E-state index contributed by atoms with van der Waals surface area (Å²) in [6, 6.07) is 12.8. The van der Waals surface area contributed by atoms with Crippen LogP contribution in [0.3, 0.4) is 0 Å². The van der Waals surface area contributed by atoms with Crippen LogP contribution >= 0.6 is 7.36 Å². The lowest BCUT2D eigenvalue weighted by molar-refractivity contribution is 0.597. The van der Waals surface area contributed by atoms with Gasteiger partial charge in [0, 0.05) is 11.1 Å². The zero-order chi connectivity index (χ0) is 12.3. The number of rotatable bonds is 3. The molecule has 1 unspecified atom stereocenters. The van der Waals surface area contributed by atoms with Gasteiger partial charge in [0.05, 0.1) is 0 Å². The van der Waals surface area contributed by atoms with Crippen molar-refractivity contribution < 1.29 is 8.78 Å². The van der Waals surface area contributed by atoms with Crippen molar-refractivity contribution in [1.82, 2.24) is 0 Å². The molecular weight excluding hydrogens is 257 g/mol. The molecule has 86 valence electrons. The van der Waals surface area contributed by atoms with Crippen LogP contribution in [0.4, 0.5) is 8.78 Å². The second-order valence-electron chi connectivity index (χ2n) is 3.59. The molecule has 0 aliphatic carbocycles. The van der Waals surface area contributed by atoms with Crippen molar-refractivity contribution in [2.45, 2.75) is 5.66 Å². The van der Waals surface area contributed by atoms with E-state index in [9.17, 15) is 8.78 Å². The number of hydrogen-bond acceptors (Lipinski definition) is 1. The third kappa shape index (κ3) is 2.56. The van der Waals surface area contributed by atoms with Crippen LogP contribution in [0.2, 0.25) is 0 Å². The lowest BCUT2D eigenvalue weighted by Crippen LogP contribution is -1.99. The zero-order valence-electron chi connectivity index (χ0n) is 8.86. The Morgan fingerprint density at radius 3 is 1.59 bits per heavy atom. The maximum Gasteiger partial charge on any atom is 0.182 e. The Kier molecular flexibility index (Phi) is 3.93. The first-order chi connectivity index (χ1) is 8.24. The molecule has 4 heteroatoms. The van der Waals surface area contributed by atoms with Gasteiger partial charge in [0.1, 0.15) is 11.6 Å². The molecular formula is C13H10F2PS+. The van der Waals surface area contributed by atoms with Gasteiger partial charge in [0.25, 0.3) is 0 Å². The van der Waals surface area contributed by atoms with Crippen LogP contribution in [0, 0.1) is 11.6 Å². The second kappa shape index (κ2) is 5.44. The van der Waals surface area contributed by atoms with E-state index in [1.54, 1.807) is 36.4 Å². The predicted octanol–water partition coefficient (Wildman–Crippen LogP) is 4.19. The summed E-state index contributed by atoms with van der Waals surface area (Å²) in [5.41, 5.74) is 0.546. The smallest absolute Gasteiger partial charge is 0.182 e. The molecule has 0 saturated carbocycles. The molecule has 0 bridgehead atoms. The molecule has 0 saturated heterocycles. The van der Waals surface area contributed by atoms with Crippen LogP contribution in [-0.2, 0) is 11.8 Å². The van der Waals surface area contributed by atoms with Gasteiger partial charge in [-0.2, -0.15) is 0 Å². The average Bonchev–Trinajstić information content (AvgIpc) is 2.34. The fourth-order valence-corrected chi connectivity index (χ4v) is 3.20. The monoisotopic (exact) mass is 267 g/mol. The first-order valence-electron chi connectivity index (χ1n) is 5.10. The standard InChI is InChI=1S/C13H9F2PS/c14-11-7-3-1-5-9(11)13(16-17)10-6-2-4-8-12(10)15/h1-8,13H/p+1. The Hall–Kier alpha value is -1.18. The maximum absolute atomic E-state index is 13.7. The van der Waals surface area contributed by atoms with E-state index >= 15 is 0 Å². The summed E-state index contributed by atoms with van der Waals surface area (Å²) in [4.78, 5) is 0. The van der Waals surface area contributed by atoms with E-state index in [1.807, 2.05) is 0 Å². The summed E-state index contributed by atoms with van der Waals surface area (Å²) >= 11 is 5.05. The molecule has 0 amide bonds. The van der Waals surface area contributed by atoms with E-state index in [4.69, 9.17) is 11.8 Å². The highest BCUT2D eigenvalue weighted by molar-refractivity contribution is 7.96. The van der Waals surface area contributed by atoms with Gasteiger partial charge in [-0.05, 0) is 12.1 Å². The first kappa shape index (κ1) is 12.3. The summed E-state index contributed by atoms with van der Waals surface area (Å²) < 4.78 is 27.4. The van der Waals surface area contributed by atoms with Crippen molar-refractivity contribution in [3.63, 3.8) is 0 Å². The molecule has 17 heavy (non-hydrogen) atoms. The van der Waals surface area contributed by atoms with Gasteiger partial charge in [-0.3, -0.25) is 0 Å². The minimum atomic E-state index is -0.382. The van der Waals surface area contributed by atoms with E-state index < -0.39 is 0 Å². The van der Waals surface area contributed by atoms with E-state index in [1.165, 1.54) is 12.1 Å². The number of benzene rings is 2. The molecule has 0 aliphatic heterocycles. The van der Waals surface area contributed by atoms with Crippen LogP contribution in [0.25, 0.3) is 0 Å². The molecule has 0 aliphatic rings. The summed E-state index contributed by atoms with van der Waals surface area (Å²) in [7, 11) is -0.000123. The van der Waals surface area contributed by atoms with Gasteiger partial charge in [0.2, 0.25) is 0 Å². The van der Waals surface area contributed by atoms with Crippen molar-refractivity contribution in [2.75, 3.05) is 0 Å². The molecule has 0 nitrogen and oxygen atoms in total. The van der Waals surface area contributed by atoms with Gasteiger partial charge in [0.15, 0.2) is 24.8 Å². The van der Waals surface area contributed by atoms with Crippen molar-refractivity contribution >= 4 is 19.2 Å². The molecule has 2 aromatic rings. The summed E-state index contributed by atoms with van der Waals surface area (Å²) in [5, 5.41) is 0. The second-order valence-corrected chi connectivity index (χ2v) is 5.11. The third-order valence-corrected chi connectivity index (χ3v) is 4.12. The fourth-order valence-electron chi connectivity index (χ4n) is 1.71. The number of hydrogen-bond donors (Lipinski definition) is 0. The van der Waals surface area contributed by atoms with Crippen molar-refractivity contribution in [1.29, 1.82) is 0 Å². The van der Waals surface area contributed by atoms with Crippen molar-refractivity contribution in [3.8, 4) is 0 Å². The quantitative estimate of drug-likeness (QED) is 0.751. The Bertz CT molecular complexity index is 497. The lowest BCUT2D eigenvalue weighted by Gasteiger charge is -2.08. The van der Waals surface area contributed by atoms with E-state index in [0.717, 1.165) is 0 Å². The highest BCUT2D eigenvalue weighted by Crippen LogP contribution is 2.36. The predicted molar refractivity (Wildman–Crippen MR) is 70.3 cm³/mol. The highest BCUT2D eigenvalue weighted by Gasteiger charge is 2.24. The fraction of sp³-hybridized carbons (Fsp3) is 0.0769. The topological polar surface area (TPSA) is 0 Å². The highest BCUT2D eigenvalue weighted by atomic mass is 32.4. The Morgan fingerprint density at radius 1 is 0.824 bits per heavy atom. The van der Waals surface area contributed by atoms with Gasteiger partial charge in [-0.1, -0.05) is 36.4 Å². The normalized spacial score (nSPS) is 11.0. The summed E-state index contributed by atoms with van der Waals surface area (Å²) in [6.07, 6.45) is 0. The zero-order valence-corrected chi connectivity index (χ0v) is 10.7. The first-order valence-corrected chi connectivity index (χ1v) is 7.31. The summed E-state index contributed by atoms with van der Waals surface area (Å²) in [6.45, 7) is 0. The van der Waals surface area contributed by atoms with Gasteiger partial charge >= 0.3 is 0 Å². The van der Waals surface area contributed by atoms with E-state index in [2.05, 4.69) is 0 Å². The minimum Gasteiger partial charge on any atom is -0.207 e. The molecule has 2 rings (SSSR count). The van der Waals surface area contributed by atoms with Gasteiger partial charge < -0.3 is 0 Å². The van der Waals surface area contributed by atoms with Crippen LogP contribution < -0.4 is 0 Å². The molecule has 2 aromatic carbocycles. The van der Waals surface area contributed by atoms with E-state index in [0.29, 0.717) is 11.1 Å². The van der Waals surface area contributed by atoms with Crippen LogP contribution in [-0.4, -0.2) is 0 Å². The van der Waals surface area contributed by atoms with Crippen LogP contribution in [0.1, 0.15) is 16.8 Å². The minimum absolute atomic E-state index is 0.000123. The molecule has 1 atom stereocenters. The van der Waals surface area contributed by atoms with Crippen molar-refractivity contribution in [3.05, 3.63) is 71.3 Å². The Balaban J connectivity index is 2.52. The molecule has 0 aromatic heterocycles. The Labute approximate surface area is 105 Å². The molecule has 0 fully saturated rings. The maximum atomic E-state index is 13.7. The lowest BCUT2D eigenvalue weighted by atomic mass is 10.0. The number of halogens is 2. The average molecular weight is 267 g/mol. The molecule has 0 N–H and O–H groups in total. The molecule has 0 spiro atoms.